The molecule has 0 saturated carbocycles. The third kappa shape index (κ3) is 4.07. The van der Waals surface area contributed by atoms with Crippen LogP contribution in [0.2, 0.25) is 0 Å². The first kappa shape index (κ1) is 19.7. The van der Waals surface area contributed by atoms with Crippen LogP contribution in [0.25, 0.3) is 10.9 Å². The summed E-state index contributed by atoms with van der Waals surface area (Å²) in [5, 5.41) is 1.18. The van der Waals surface area contributed by atoms with Gasteiger partial charge in [-0.1, -0.05) is 25.1 Å². The van der Waals surface area contributed by atoms with Gasteiger partial charge < -0.3 is 15.5 Å². The van der Waals surface area contributed by atoms with Gasteiger partial charge in [0, 0.05) is 54.8 Å². The van der Waals surface area contributed by atoms with Gasteiger partial charge in [-0.05, 0) is 44.2 Å². The molecule has 2 aliphatic heterocycles. The zero-order chi connectivity index (χ0) is 20.4. The predicted molar refractivity (Wildman–Crippen MR) is 115 cm³/mol. The summed E-state index contributed by atoms with van der Waals surface area (Å²) in [6.45, 7) is 5.20. The van der Waals surface area contributed by atoms with Crippen LogP contribution < -0.4 is 10.6 Å². The molecule has 1 aromatic carbocycles. The Morgan fingerprint density at radius 2 is 1.69 bits per heavy atom. The van der Waals surface area contributed by atoms with Crippen molar-refractivity contribution in [3.05, 3.63) is 36.0 Å². The lowest BCUT2D eigenvalue weighted by Crippen LogP contribution is -2.46. The number of aryl methyl sites for hydroxylation is 1. The Kier molecular flexibility index (Phi) is 5.69. The Bertz CT molecular complexity index is 897. The number of anilines is 1. The molecule has 2 saturated heterocycles. The number of pyridine rings is 1. The van der Waals surface area contributed by atoms with Crippen molar-refractivity contribution in [2.75, 3.05) is 31.1 Å². The van der Waals surface area contributed by atoms with Crippen LogP contribution in [0.3, 0.4) is 0 Å². The number of fused-ring (bicyclic) bond motifs is 1. The Balaban J connectivity index is 1.42. The molecule has 0 radical (unpaired) electrons. The van der Waals surface area contributed by atoms with Gasteiger partial charge in [0.05, 0.1) is 5.52 Å². The van der Waals surface area contributed by atoms with E-state index in [0.29, 0.717) is 25.9 Å². The van der Waals surface area contributed by atoms with E-state index < -0.39 is 0 Å². The van der Waals surface area contributed by atoms with E-state index >= 15 is 0 Å². The summed E-state index contributed by atoms with van der Waals surface area (Å²) < 4.78 is 0. The summed E-state index contributed by atoms with van der Waals surface area (Å²) in [5.74, 6) is 0.0200. The first-order chi connectivity index (χ1) is 14.1. The average molecular weight is 395 g/mol. The smallest absolute Gasteiger partial charge is 0.225 e. The lowest BCUT2D eigenvalue weighted by molar-refractivity contribution is -0.139. The largest absolute Gasteiger partial charge is 0.371 e. The highest BCUT2D eigenvalue weighted by atomic mass is 16.2. The highest BCUT2D eigenvalue weighted by molar-refractivity contribution is 5.92. The Morgan fingerprint density at radius 3 is 2.34 bits per heavy atom. The van der Waals surface area contributed by atoms with Crippen molar-refractivity contribution in [1.82, 2.24) is 9.88 Å². The van der Waals surface area contributed by atoms with Gasteiger partial charge in [-0.3, -0.25) is 14.6 Å². The van der Waals surface area contributed by atoms with Crippen LogP contribution in [0.5, 0.6) is 0 Å². The number of nitrogens with two attached hydrogens (primary N) is 1. The highest BCUT2D eigenvalue weighted by Gasteiger charge is 2.32. The number of aromatic nitrogens is 1. The molecule has 0 spiro atoms. The van der Waals surface area contributed by atoms with Gasteiger partial charge in [-0.25, -0.2) is 0 Å². The number of carbonyl (C=O) groups is 2. The number of amides is 2. The molecule has 0 bridgehead atoms. The van der Waals surface area contributed by atoms with Gasteiger partial charge in [0.2, 0.25) is 11.8 Å². The lowest BCUT2D eigenvalue weighted by atomic mass is 9.91. The number of primary amides is 1. The highest BCUT2D eigenvalue weighted by Crippen LogP contribution is 2.31. The van der Waals surface area contributed by atoms with E-state index in [2.05, 4.69) is 36.1 Å². The summed E-state index contributed by atoms with van der Waals surface area (Å²) in [6.07, 6.45) is 4.04. The number of likely N-dealkylation sites (tertiary alicyclic amines) is 1. The van der Waals surface area contributed by atoms with Crippen molar-refractivity contribution in [3.63, 3.8) is 0 Å². The Labute approximate surface area is 172 Å². The number of hydrogen-bond acceptors (Lipinski definition) is 4. The normalized spacial score (nSPS) is 18.9. The summed E-state index contributed by atoms with van der Waals surface area (Å²) >= 11 is 0. The number of rotatable bonds is 4. The van der Waals surface area contributed by atoms with Crippen molar-refractivity contribution in [2.24, 2.45) is 17.6 Å². The molecule has 0 unspecified atom stereocenters. The number of hydrogen-bond donors (Lipinski definition) is 1. The SMILES string of the molecule is CCc1cc(N2CCC(C(=O)N3CCC(C(N)=O)CC3)CC2)c2ccccc2n1. The van der Waals surface area contributed by atoms with E-state index in [9.17, 15) is 9.59 Å². The maximum absolute atomic E-state index is 13.0. The van der Waals surface area contributed by atoms with Crippen LogP contribution in [0.4, 0.5) is 5.69 Å². The first-order valence-corrected chi connectivity index (χ1v) is 10.8. The van der Waals surface area contributed by atoms with Crippen molar-refractivity contribution in [1.29, 1.82) is 0 Å². The van der Waals surface area contributed by atoms with E-state index in [1.165, 1.54) is 11.1 Å². The molecule has 2 fully saturated rings. The van der Waals surface area contributed by atoms with E-state index in [-0.39, 0.29) is 23.7 Å². The van der Waals surface area contributed by atoms with Gasteiger partial charge >= 0.3 is 0 Å². The summed E-state index contributed by atoms with van der Waals surface area (Å²) in [6, 6.07) is 10.5. The maximum atomic E-state index is 13.0. The molecule has 29 heavy (non-hydrogen) atoms. The molecular weight excluding hydrogens is 364 g/mol. The number of nitrogens with zero attached hydrogens (tertiary/aromatic N) is 3. The molecule has 2 N–H and O–H groups in total. The summed E-state index contributed by atoms with van der Waals surface area (Å²) in [7, 11) is 0. The minimum absolute atomic E-state index is 0.0753. The second kappa shape index (κ2) is 8.39. The fourth-order valence-electron chi connectivity index (χ4n) is 4.66. The molecule has 2 aliphatic rings. The van der Waals surface area contributed by atoms with Crippen LogP contribution >= 0.6 is 0 Å². The van der Waals surface area contributed by atoms with Gasteiger partial charge in [0.25, 0.3) is 0 Å². The fourth-order valence-corrected chi connectivity index (χ4v) is 4.66. The summed E-state index contributed by atoms with van der Waals surface area (Å²) in [4.78, 5) is 33.4. The predicted octanol–water partition coefficient (Wildman–Crippen LogP) is 2.74. The standard InChI is InChI=1S/C23H30N4O2/c1-2-18-15-21(19-5-3-4-6-20(19)25-18)26-11-9-17(10-12-26)23(29)27-13-7-16(8-14-27)22(24)28/h3-6,15-17H,2,7-14H2,1H3,(H2,24,28). The van der Waals surface area contributed by atoms with Gasteiger partial charge in [-0.15, -0.1) is 0 Å². The van der Waals surface area contributed by atoms with Crippen molar-refractivity contribution < 1.29 is 9.59 Å². The van der Waals surface area contributed by atoms with E-state index in [1.807, 2.05) is 11.0 Å². The molecule has 4 rings (SSSR count). The van der Waals surface area contributed by atoms with Crippen LogP contribution in [0.15, 0.2) is 30.3 Å². The van der Waals surface area contributed by atoms with Crippen LogP contribution in [-0.4, -0.2) is 47.9 Å². The van der Waals surface area contributed by atoms with Crippen LogP contribution in [0.1, 0.15) is 38.3 Å². The minimum Gasteiger partial charge on any atom is -0.371 e. The Hall–Kier alpha value is -2.63. The number of carbonyl (C=O) groups excluding carboxylic acids is 2. The number of para-hydroxylation sites is 1. The van der Waals surface area contributed by atoms with Crippen LogP contribution in [0, 0.1) is 11.8 Å². The molecule has 0 atom stereocenters. The molecule has 2 aromatic rings. The van der Waals surface area contributed by atoms with E-state index in [1.54, 1.807) is 0 Å². The quantitative estimate of drug-likeness (QED) is 0.865. The second-order valence-electron chi connectivity index (χ2n) is 8.27. The van der Waals surface area contributed by atoms with Crippen molar-refractivity contribution in [2.45, 2.75) is 39.0 Å². The molecule has 6 nitrogen and oxygen atoms in total. The maximum Gasteiger partial charge on any atom is 0.225 e. The zero-order valence-electron chi connectivity index (χ0n) is 17.1. The molecule has 1 aromatic heterocycles. The first-order valence-electron chi connectivity index (χ1n) is 10.8. The van der Waals surface area contributed by atoms with Gasteiger partial charge in [0.1, 0.15) is 0 Å². The van der Waals surface area contributed by atoms with E-state index in [4.69, 9.17) is 10.7 Å². The second-order valence-corrected chi connectivity index (χ2v) is 8.27. The average Bonchev–Trinajstić information content (AvgIpc) is 2.78. The monoisotopic (exact) mass is 394 g/mol. The summed E-state index contributed by atoms with van der Waals surface area (Å²) in [5.41, 5.74) is 8.79. The molecular formula is C23H30N4O2. The third-order valence-corrected chi connectivity index (χ3v) is 6.50. The Morgan fingerprint density at radius 1 is 1.03 bits per heavy atom. The number of benzene rings is 1. The molecule has 0 aliphatic carbocycles. The molecule has 154 valence electrons. The lowest BCUT2D eigenvalue weighted by Gasteiger charge is -2.38. The van der Waals surface area contributed by atoms with Gasteiger partial charge in [0.15, 0.2) is 0 Å². The third-order valence-electron chi connectivity index (χ3n) is 6.50. The van der Waals surface area contributed by atoms with Crippen molar-refractivity contribution in [3.8, 4) is 0 Å². The van der Waals surface area contributed by atoms with Crippen LogP contribution in [-0.2, 0) is 16.0 Å². The topological polar surface area (TPSA) is 79.5 Å². The molecule has 6 heteroatoms. The molecule has 3 heterocycles. The minimum atomic E-state index is -0.235. The van der Waals surface area contributed by atoms with Gasteiger partial charge in [-0.2, -0.15) is 0 Å². The number of piperidine rings is 2. The fraction of sp³-hybridized carbons (Fsp3) is 0.522. The molecule has 2 amide bonds. The van der Waals surface area contributed by atoms with Crippen molar-refractivity contribution >= 4 is 28.4 Å². The zero-order valence-corrected chi connectivity index (χ0v) is 17.1. The van der Waals surface area contributed by atoms with E-state index in [0.717, 1.165) is 43.6 Å².